The van der Waals surface area contributed by atoms with Gasteiger partial charge in [-0.3, -0.25) is 9.59 Å². The lowest BCUT2D eigenvalue weighted by atomic mass is 9.96. The van der Waals surface area contributed by atoms with Crippen LogP contribution in [0, 0.1) is 5.92 Å². The van der Waals surface area contributed by atoms with Gasteiger partial charge in [0.05, 0.1) is 11.8 Å². The van der Waals surface area contributed by atoms with E-state index >= 15 is 0 Å². The van der Waals surface area contributed by atoms with Crippen molar-refractivity contribution >= 4 is 11.8 Å². The molecule has 1 saturated heterocycles. The molecule has 0 unspecified atom stereocenters. The van der Waals surface area contributed by atoms with E-state index in [0.717, 1.165) is 45.3 Å². The molecule has 1 fully saturated rings. The Labute approximate surface area is 125 Å². The van der Waals surface area contributed by atoms with Crippen molar-refractivity contribution in [2.24, 2.45) is 5.92 Å². The van der Waals surface area contributed by atoms with Crippen LogP contribution in [0.25, 0.3) is 0 Å². The lowest BCUT2D eigenvalue weighted by molar-refractivity contribution is -0.121. The highest BCUT2D eigenvalue weighted by Crippen LogP contribution is 2.18. The van der Waals surface area contributed by atoms with Gasteiger partial charge in [-0.15, -0.1) is 0 Å². The molecule has 0 saturated carbocycles. The number of unbranched alkanes of at least 4 members (excludes halogenated alkanes) is 1. The molecule has 0 aliphatic carbocycles. The van der Waals surface area contributed by atoms with Crippen LogP contribution in [0.4, 0.5) is 0 Å². The van der Waals surface area contributed by atoms with Crippen LogP contribution in [0.5, 0.6) is 0 Å². The maximum Gasteiger partial charge on any atom is 0.257 e. The van der Waals surface area contributed by atoms with Gasteiger partial charge in [0.15, 0.2) is 0 Å². The maximum absolute atomic E-state index is 12.1. The molecule has 2 amide bonds. The van der Waals surface area contributed by atoms with E-state index in [1.165, 1.54) is 12.5 Å². The zero-order valence-corrected chi connectivity index (χ0v) is 12.6. The largest absolute Gasteiger partial charge is 0.472 e. The lowest BCUT2D eigenvalue weighted by Crippen LogP contribution is -2.41. The van der Waals surface area contributed by atoms with Crippen LogP contribution in [0.2, 0.25) is 0 Å². The van der Waals surface area contributed by atoms with Gasteiger partial charge in [-0.1, -0.05) is 13.3 Å². The first-order valence-corrected chi connectivity index (χ1v) is 7.79. The number of hydrogen-bond acceptors (Lipinski definition) is 3. The molecule has 0 spiro atoms. The van der Waals surface area contributed by atoms with Crippen molar-refractivity contribution in [2.75, 3.05) is 19.6 Å². The Kier molecular flexibility index (Phi) is 5.84. The van der Waals surface area contributed by atoms with Gasteiger partial charge in [-0.2, -0.15) is 0 Å². The summed E-state index contributed by atoms with van der Waals surface area (Å²) in [5.74, 6) is 0.659. The van der Waals surface area contributed by atoms with Crippen LogP contribution in [-0.2, 0) is 4.79 Å². The lowest BCUT2D eigenvalue weighted by Gasteiger charge is -2.31. The standard InChI is InChI=1S/C16H24N2O3/c1-2-3-4-15(19)17-11-13-5-8-18(9-6-13)16(20)14-7-10-21-12-14/h7,10,12-13H,2-6,8-9,11H2,1H3,(H,17,19). The Morgan fingerprint density at radius 2 is 2.14 bits per heavy atom. The summed E-state index contributed by atoms with van der Waals surface area (Å²) in [7, 11) is 0. The van der Waals surface area contributed by atoms with E-state index in [0.29, 0.717) is 17.9 Å². The van der Waals surface area contributed by atoms with Crippen molar-refractivity contribution in [3.05, 3.63) is 24.2 Å². The fourth-order valence-corrected chi connectivity index (χ4v) is 2.59. The van der Waals surface area contributed by atoms with Crippen LogP contribution in [0.15, 0.2) is 23.0 Å². The third kappa shape index (κ3) is 4.62. The predicted octanol–water partition coefficient (Wildman–Crippen LogP) is 2.44. The molecule has 1 aromatic heterocycles. The number of piperidine rings is 1. The summed E-state index contributed by atoms with van der Waals surface area (Å²) in [5.41, 5.74) is 0.612. The van der Waals surface area contributed by atoms with E-state index in [1.54, 1.807) is 6.07 Å². The monoisotopic (exact) mass is 292 g/mol. The van der Waals surface area contributed by atoms with Crippen LogP contribution >= 0.6 is 0 Å². The van der Waals surface area contributed by atoms with Crippen molar-refractivity contribution in [2.45, 2.75) is 39.0 Å². The number of carbonyl (C=O) groups excluding carboxylic acids is 2. The van der Waals surface area contributed by atoms with Gasteiger partial charge in [0, 0.05) is 26.1 Å². The topological polar surface area (TPSA) is 62.6 Å². The molecular weight excluding hydrogens is 268 g/mol. The number of amides is 2. The minimum Gasteiger partial charge on any atom is -0.472 e. The molecule has 2 rings (SSSR count). The molecule has 1 N–H and O–H groups in total. The Bertz CT molecular complexity index is 448. The zero-order chi connectivity index (χ0) is 15.1. The van der Waals surface area contributed by atoms with Crippen LogP contribution in [0.3, 0.4) is 0 Å². The van der Waals surface area contributed by atoms with Gasteiger partial charge in [0.1, 0.15) is 6.26 Å². The Morgan fingerprint density at radius 1 is 1.38 bits per heavy atom. The third-order valence-electron chi connectivity index (χ3n) is 4.02. The molecule has 116 valence electrons. The van der Waals surface area contributed by atoms with Crippen LogP contribution in [-0.4, -0.2) is 36.3 Å². The first-order chi connectivity index (χ1) is 10.2. The summed E-state index contributed by atoms with van der Waals surface area (Å²) < 4.78 is 4.95. The zero-order valence-electron chi connectivity index (χ0n) is 12.6. The number of likely N-dealkylation sites (tertiary alicyclic amines) is 1. The molecule has 1 aromatic rings. The number of rotatable bonds is 6. The molecule has 2 heterocycles. The Hall–Kier alpha value is -1.78. The molecule has 0 bridgehead atoms. The van der Waals surface area contributed by atoms with E-state index in [2.05, 4.69) is 12.2 Å². The summed E-state index contributed by atoms with van der Waals surface area (Å²) >= 11 is 0. The molecule has 1 aliphatic heterocycles. The highest BCUT2D eigenvalue weighted by Gasteiger charge is 2.24. The first-order valence-electron chi connectivity index (χ1n) is 7.79. The van der Waals surface area contributed by atoms with Crippen molar-refractivity contribution in [3.63, 3.8) is 0 Å². The van der Waals surface area contributed by atoms with Gasteiger partial charge in [-0.25, -0.2) is 0 Å². The first kappa shape index (κ1) is 15.6. The summed E-state index contributed by atoms with van der Waals surface area (Å²) in [6, 6.07) is 1.70. The second-order valence-electron chi connectivity index (χ2n) is 5.66. The Morgan fingerprint density at radius 3 is 2.76 bits per heavy atom. The molecular formula is C16H24N2O3. The molecule has 0 atom stereocenters. The van der Waals surface area contributed by atoms with Gasteiger partial charge in [0.25, 0.3) is 5.91 Å². The minimum atomic E-state index is 0.0363. The van der Waals surface area contributed by atoms with Gasteiger partial charge < -0.3 is 14.6 Å². The Balaban J connectivity index is 1.69. The van der Waals surface area contributed by atoms with Crippen molar-refractivity contribution < 1.29 is 14.0 Å². The molecule has 5 nitrogen and oxygen atoms in total. The number of furan rings is 1. The van der Waals surface area contributed by atoms with Gasteiger partial charge in [-0.05, 0) is 31.2 Å². The molecule has 21 heavy (non-hydrogen) atoms. The maximum atomic E-state index is 12.1. The van der Waals surface area contributed by atoms with Crippen molar-refractivity contribution in [1.29, 1.82) is 0 Å². The van der Waals surface area contributed by atoms with Crippen molar-refractivity contribution in [3.8, 4) is 0 Å². The number of nitrogens with one attached hydrogen (secondary N) is 1. The molecule has 1 aliphatic rings. The van der Waals surface area contributed by atoms with E-state index in [4.69, 9.17) is 4.42 Å². The summed E-state index contributed by atoms with van der Waals surface area (Å²) in [4.78, 5) is 25.6. The summed E-state index contributed by atoms with van der Waals surface area (Å²) in [6.07, 6.45) is 7.50. The fourth-order valence-electron chi connectivity index (χ4n) is 2.59. The van der Waals surface area contributed by atoms with Crippen LogP contribution < -0.4 is 5.32 Å². The predicted molar refractivity (Wildman–Crippen MR) is 79.9 cm³/mol. The second kappa shape index (κ2) is 7.86. The quantitative estimate of drug-likeness (QED) is 0.876. The molecule has 5 heteroatoms. The summed E-state index contributed by atoms with van der Waals surface area (Å²) in [5, 5.41) is 3.00. The second-order valence-corrected chi connectivity index (χ2v) is 5.66. The average molecular weight is 292 g/mol. The minimum absolute atomic E-state index is 0.0363. The van der Waals surface area contributed by atoms with Crippen molar-refractivity contribution in [1.82, 2.24) is 10.2 Å². The molecule has 0 radical (unpaired) electrons. The van der Waals surface area contributed by atoms with Gasteiger partial charge >= 0.3 is 0 Å². The van der Waals surface area contributed by atoms with E-state index < -0.39 is 0 Å². The highest BCUT2D eigenvalue weighted by atomic mass is 16.3. The SMILES string of the molecule is CCCCC(=O)NCC1CCN(C(=O)c2ccoc2)CC1. The fraction of sp³-hybridized carbons (Fsp3) is 0.625. The van der Waals surface area contributed by atoms with Crippen LogP contribution in [0.1, 0.15) is 49.4 Å². The number of hydrogen-bond donors (Lipinski definition) is 1. The van der Waals surface area contributed by atoms with Gasteiger partial charge in [0.2, 0.25) is 5.91 Å². The molecule has 0 aromatic carbocycles. The smallest absolute Gasteiger partial charge is 0.257 e. The third-order valence-corrected chi connectivity index (χ3v) is 4.02. The number of carbonyl (C=O) groups is 2. The average Bonchev–Trinajstić information content (AvgIpc) is 3.05. The number of nitrogens with zero attached hydrogens (tertiary/aromatic N) is 1. The highest BCUT2D eigenvalue weighted by molar-refractivity contribution is 5.93. The summed E-state index contributed by atoms with van der Waals surface area (Å²) in [6.45, 7) is 4.31. The van der Waals surface area contributed by atoms with E-state index in [-0.39, 0.29) is 11.8 Å². The van der Waals surface area contributed by atoms with E-state index in [9.17, 15) is 9.59 Å². The normalized spacial score (nSPS) is 16.0. The van der Waals surface area contributed by atoms with E-state index in [1.807, 2.05) is 4.90 Å².